The van der Waals surface area contributed by atoms with E-state index in [1.165, 1.54) is 6.08 Å². The standard InChI is InChI=1S/C19H14ClNO4/c20-15-6-1-13(2-7-15)3-10-17(22)14-4-8-16(9-5-14)21-18(23)11-12-19(24)25/h1-12H,(H,21,23)(H,24,25)/b10-3+,12-11-. The highest BCUT2D eigenvalue weighted by Gasteiger charge is 2.03. The molecule has 0 unspecified atom stereocenters. The van der Waals surface area contributed by atoms with Crippen LogP contribution in [-0.2, 0) is 9.59 Å². The normalized spacial score (nSPS) is 10.9. The van der Waals surface area contributed by atoms with Gasteiger partial charge in [-0.1, -0.05) is 29.8 Å². The first-order valence-electron chi connectivity index (χ1n) is 7.24. The Hall–Kier alpha value is -3.18. The lowest BCUT2D eigenvalue weighted by Gasteiger charge is -2.03. The van der Waals surface area contributed by atoms with Crippen molar-refractivity contribution in [1.29, 1.82) is 0 Å². The quantitative estimate of drug-likeness (QED) is 0.609. The number of halogens is 1. The maximum Gasteiger partial charge on any atom is 0.328 e. The Kier molecular flexibility index (Phi) is 6.26. The molecule has 1 amide bonds. The minimum absolute atomic E-state index is 0.182. The monoisotopic (exact) mass is 355 g/mol. The Morgan fingerprint density at radius 1 is 0.880 bits per heavy atom. The van der Waals surface area contributed by atoms with Gasteiger partial charge in [-0.15, -0.1) is 0 Å². The molecule has 2 N–H and O–H groups in total. The van der Waals surface area contributed by atoms with Crippen LogP contribution in [0.5, 0.6) is 0 Å². The van der Waals surface area contributed by atoms with E-state index in [1.807, 2.05) is 0 Å². The summed E-state index contributed by atoms with van der Waals surface area (Å²) in [5, 5.41) is 11.6. The third-order valence-electron chi connectivity index (χ3n) is 3.11. The van der Waals surface area contributed by atoms with Crippen LogP contribution in [0.3, 0.4) is 0 Å². The molecule has 6 heteroatoms. The number of benzene rings is 2. The van der Waals surface area contributed by atoms with Crippen molar-refractivity contribution in [2.75, 3.05) is 5.32 Å². The smallest absolute Gasteiger partial charge is 0.328 e. The highest BCUT2D eigenvalue weighted by Crippen LogP contribution is 2.13. The molecule has 25 heavy (non-hydrogen) atoms. The molecular formula is C19H14ClNO4. The molecule has 0 aromatic heterocycles. The van der Waals surface area contributed by atoms with Crippen molar-refractivity contribution >= 4 is 41.0 Å². The average Bonchev–Trinajstić information content (AvgIpc) is 2.60. The molecule has 5 nitrogen and oxygen atoms in total. The number of carbonyl (C=O) groups is 3. The summed E-state index contributed by atoms with van der Waals surface area (Å²) in [5.74, 6) is -1.95. The van der Waals surface area contributed by atoms with Crippen LogP contribution >= 0.6 is 11.6 Å². The molecule has 126 valence electrons. The second-order valence-corrected chi connectivity index (χ2v) is 5.42. The number of rotatable bonds is 6. The zero-order valence-corrected chi connectivity index (χ0v) is 13.7. The molecule has 0 heterocycles. The summed E-state index contributed by atoms with van der Waals surface area (Å²) in [5.41, 5.74) is 1.77. The molecule has 0 aliphatic rings. The Bertz CT molecular complexity index is 837. The fourth-order valence-corrected chi connectivity index (χ4v) is 2.02. The molecule has 0 bridgehead atoms. The number of nitrogens with one attached hydrogen (secondary N) is 1. The number of allylic oxidation sites excluding steroid dienone is 1. The van der Waals surface area contributed by atoms with Gasteiger partial charge < -0.3 is 10.4 Å². The van der Waals surface area contributed by atoms with E-state index in [9.17, 15) is 14.4 Å². The molecule has 0 aliphatic carbocycles. The van der Waals surface area contributed by atoms with Gasteiger partial charge in [-0.05, 0) is 48.0 Å². The van der Waals surface area contributed by atoms with Crippen molar-refractivity contribution in [3.63, 3.8) is 0 Å². The molecular weight excluding hydrogens is 342 g/mol. The van der Waals surface area contributed by atoms with E-state index in [1.54, 1.807) is 54.6 Å². The van der Waals surface area contributed by atoms with E-state index in [4.69, 9.17) is 16.7 Å². The molecule has 0 fully saturated rings. The Morgan fingerprint density at radius 3 is 2.12 bits per heavy atom. The number of carboxylic acids is 1. The lowest BCUT2D eigenvalue weighted by Crippen LogP contribution is -2.08. The van der Waals surface area contributed by atoms with Crippen LogP contribution < -0.4 is 5.32 Å². The van der Waals surface area contributed by atoms with Gasteiger partial charge in [0.25, 0.3) is 0 Å². The summed E-state index contributed by atoms with van der Waals surface area (Å²) >= 11 is 5.80. The molecule has 0 atom stereocenters. The molecule has 0 radical (unpaired) electrons. The number of ketones is 1. The van der Waals surface area contributed by atoms with Crippen molar-refractivity contribution in [2.45, 2.75) is 0 Å². The first-order chi connectivity index (χ1) is 11.9. The van der Waals surface area contributed by atoms with E-state index < -0.39 is 11.9 Å². The lowest BCUT2D eigenvalue weighted by molar-refractivity contribution is -0.131. The van der Waals surface area contributed by atoms with Gasteiger partial charge in [-0.3, -0.25) is 9.59 Å². The minimum atomic E-state index is -1.21. The van der Waals surface area contributed by atoms with Gasteiger partial charge in [0.2, 0.25) is 5.91 Å². The topological polar surface area (TPSA) is 83.5 Å². The Labute approximate surface area is 149 Å². The summed E-state index contributed by atoms with van der Waals surface area (Å²) in [6, 6.07) is 13.4. The van der Waals surface area contributed by atoms with E-state index >= 15 is 0 Å². The van der Waals surface area contributed by atoms with Crippen molar-refractivity contribution in [3.8, 4) is 0 Å². The number of carboxylic acid groups (broad SMARTS) is 1. The number of aliphatic carboxylic acids is 1. The predicted octanol–water partition coefficient (Wildman–Crippen LogP) is 3.82. The van der Waals surface area contributed by atoms with Crippen LogP contribution in [0.2, 0.25) is 5.02 Å². The second-order valence-electron chi connectivity index (χ2n) is 4.99. The first kappa shape index (κ1) is 18.2. The molecule has 2 aromatic carbocycles. The van der Waals surface area contributed by atoms with Gasteiger partial charge in [0, 0.05) is 28.4 Å². The minimum Gasteiger partial charge on any atom is -0.478 e. The van der Waals surface area contributed by atoms with E-state index in [0.717, 1.165) is 17.7 Å². The van der Waals surface area contributed by atoms with Crippen LogP contribution in [0, 0.1) is 0 Å². The summed E-state index contributed by atoms with van der Waals surface area (Å²) in [6.45, 7) is 0. The fourth-order valence-electron chi connectivity index (χ4n) is 1.89. The summed E-state index contributed by atoms with van der Waals surface area (Å²) < 4.78 is 0. The highest BCUT2D eigenvalue weighted by molar-refractivity contribution is 6.30. The third kappa shape index (κ3) is 6.08. The molecule has 0 spiro atoms. The highest BCUT2D eigenvalue weighted by atomic mass is 35.5. The first-order valence-corrected chi connectivity index (χ1v) is 7.62. The van der Waals surface area contributed by atoms with E-state index in [-0.39, 0.29) is 5.78 Å². The number of hydrogen-bond donors (Lipinski definition) is 2. The third-order valence-corrected chi connectivity index (χ3v) is 3.36. The van der Waals surface area contributed by atoms with Crippen LogP contribution in [-0.4, -0.2) is 22.8 Å². The van der Waals surface area contributed by atoms with Crippen molar-refractivity contribution in [2.24, 2.45) is 0 Å². The number of hydrogen-bond acceptors (Lipinski definition) is 3. The Balaban J connectivity index is 1.99. The molecule has 0 saturated carbocycles. The van der Waals surface area contributed by atoms with E-state index in [0.29, 0.717) is 16.3 Å². The zero-order chi connectivity index (χ0) is 18.2. The van der Waals surface area contributed by atoms with Crippen molar-refractivity contribution < 1.29 is 19.5 Å². The van der Waals surface area contributed by atoms with Gasteiger partial charge in [-0.25, -0.2) is 4.79 Å². The number of carbonyl (C=O) groups excluding carboxylic acids is 2. The molecule has 0 saturated heterocycles. The lowest BCUT2D eigenvalue weighted by atomic mass is 10.1. The number of amides is 1. The van der Waals surface area contributed by atoms with Crippen LogP contribution in [0.15, 0.2) is 66.8 Å². The van der Waals surface area contributed by atoms with Gasteiger partial charge in [0.15, 0.2) is 5.78 Å². The van der Waals surface area contributed by atoms with E-state index in [2.05, 4.69) is 5.32 Å². The summed E-state index contributed by atoms with van der Waals surface area (Å²) in [6.07, 6.45) is 4.79. The van der Waals surface area contributed by atoms with Gasteiger partial charge >= 0.3 is 5.97 Å². The number of anilines is 1. The molecule has 0 aliphatic heterocycles. The van der Waals surface area contributed by atoms with Gasteiger partial charge in [-0.2, -0.15) is 0 Å². The molecule has 2 aromatic rings. The van der Waals surface area contributed by atoms with Crippen molar-refractivity contribution in [1.82, 2.24) is 0 Å². The molecule has 2 rings (SSSR count). The SMILES string of the molecule is O=C(O)/C=C\C(=O)Nc1ccc(C(=O)/C=C/c2ccc(Cl)cc2)cc1. The summed E-state index contributed by atoms with van der Waals surface area (Å²) in [7, 11) is 0. The maximum absolute atomic E-state index is 12.1. The summed E-state index contributed by atoms with van der Waals surface area (Å²) in [4.78, 5) is 33.9. The fraction of sp³-hybridized carbons (Fsp3) is 0. The Morgan fingerprint density at radius 2 is 1.52 bits per heavy atom. The van der Waals surface area contributed by atoms with Crippen LogP contribution in [0.25, 0.3) is 6.08 Å². The predicted molar refractivity (Wildman–Crippen MR) is 96.7 cm³/mol. The second kappa shape index (κ2) is 8.61. The maximum atomic E-state index is 12.1. The zero-order valence-electron chi connectivity index (χ0n) is 13.0. The van der Waals surface area contributed by atoms with Crippen LogP contribution in [0.1, 0.15) is 15.9 Å². The largest absolute Gasteiger partial charge is 0.478 e. The van der Waals surface area contributed by atoms with Crippen LogP contribution in [0.4, 0.5) is 5.69 Å². The van der Waals surface area contributed by atoms with Gasteiger partial charge in [0.05, 0.1) is 0 Å². The van der Waals surface area contributed by atoms with Gasteiger partial charge in [0.1, 0.15) is 0 Å². The average molecular weight is 356 g/mol. The van der Waals surface area contributed by atoms with Crippen molar-refractivity contribution in [3.05, 3.63) is 82.9 Å².